The van der Waals surface area contributed by atoms with Crippen molar-refractivity contribution in [2.24, 2.45) is 0 Å². The minimum absolute atomic E-state index is 0.0179. The van der Waals surface area contributed by atoms with Gasteiger partial charge in [0.15, 0.2) is 0 Å². The zero-order valence-corrected chi connectivity index (χ0v) is 16.4. The van der Waals surface area contributed by atoms with Crippen LogP contribution < -0.4 is 9.64 Å². The van der Waals surface area contributed by atoms with E-state index in [1.54, 1.807) is 17.0 Å². The van der Waals surface area contributed by atoms with E-state index < -0.39 is 23.5 Å². The predicted octanol–water partition coefficient (Wildman–Crippen LogP) is 6.27. The smallest absolute Gasteiger partial charge is 0.416 e. The standard InChI is InChI=1S/C24H15F4NO3/c25-18-6-9-21(10-7-18)32-14-20-8-4-15-12-17(24(26,27)28)5-11-22(15)29(20)19-3-1-2-16(13-19)23(30)31/h1-7,9-13H,14H2,(H,30,31). The highest BCUT2D eigenvalue weighted by molar-refractivity contribution is 5.90. The molecule has 0 atom stereocenters. The number of halogens is 4. The molecule has 1 aliphatic heterocycles. The number of hydrogen-bond donors (Lipinski definition) is 1. The molecule has 1 N–H and O–H groups in total. The number of anilines is 2. The predicted molar refractivity (Wildman–Crippen MR) is 110 cm³/mol. The molecular weight excluding hydrogens is 426 g/mol. The second-order valence-corrected chi connectivity index (χ2v) is 6.94. The van der Waals surface area contributed by atoms with Crippen molar-refractivity contribution in [3.8, 4) is 5.75 Å². The third kappa shape index (κ3) is 4.36. The molecule has 8 heteroatoms. The van der Waals surface area contributed by atoms with Gasteiger partial charge in [-0.15, -0.1) is 0 Å². The average Bonchev–Trinajstić information content (AvgIpc) is 2.77. The number of fused-ring (bicyclic) bond motifs is 1. The van der Waals surface area contributed by atoms with E-state index in [9.17, 15) is 27.5 Å². The summed E-state index contributed by atoms with van der Waals surface area (Å²) < 4.78 is 58.3. The number of aromatic carboxylic acids is 1. The van der Waals surface area contributed by atoms with Gasteiger partial charge >= 0.3 is 12.1 Å². The van der Waals surface area contributed by atoms with Crippen LogP contribution in [0.2, 0.25) is 0 Å². The number of carboxylic acid groups (broad SMARTS) is 1. The first-order valence-corrected chi connectivity index (χ1v) is 9.41. The van der Waals surface area contributed by atoms with Crippen LogP contribution in [0.1, 0.15) is 21.5 Å². The molecule has 4 nitrogen and oxygen atoms in total. The molecule has 0 aromatic heterocycles. The van der Waals surface area contributed by atoms with E-state index in [4.69, 9.17) is 4.74 Å². The van der Waals surface area contributed by atoms with Gasteiger partial charge in [-0.05, 0) is 66.7 Å². The Kier molecular flexibility index (Phi) is 5.47. The van der Waals surface area contributed by atoms with Crippen molar-refractivity contribution in [2.45, 2.75) is 6.18 Å². The zero-order valence-electron chi connectivity index (χ0n) is 16.4. The Balaban J connectivity index is 1.77. The van der Waals surface area contributed by atoms with Crippen molar-refractivity contribution in [1.29, 1.82) is 0 Å². The van der Waals surface area contributed by atoms with Crippen molar-refractivity contribution >= 4 is 23.4 Å². The topological polar surface area (TPSA) is 49.8 Å². The molecule has 0 spiro atoms. The number of rotatable bonds is 5. The molecule has 0 bridgehead atoms. The summed E-state index contributed by atoms with van der Waals surface area (Å²) in [5.41, 5.74) is 3.69. The number of alkyl halides is 3. The van der Waals surface area contributed by atoms with E-state index in [1.165, 1.54) is 48.5 Å². The fourth-order valence-electron chi connectivity index (χ4n) is 3.28. The maximum Gasteiger partial charge on any atom is 0.416 e. The first-order chi connectivity index (χ1) is 15.2. The van der Waals surface area contributed by atoms with Crippen molar-refractivity contribution in [3.63, 3.8) is 0 Å². The highest BCUT2D eigenvalue weighted by Crippen LogP contribution is 2.39. The van der Waals surface area contributed by atoms with Crippen LogP contribution in [-0.4, -0.2) is 17.7 Å². The van der Waals surface area contributed by atoms with Crippen LogP contribution in [0.5, 0.6) is 5.75 Å². The maximum absolute atomic E-state index is 13.2. The molecule has 0 saturated heterocycles. The van der Waals surface area contributed by atoms with Crippen molar-refractivity contribution in [1.82, 2.24) is 0 Å². The fraction of sp³-hybridized carbons (Fsp3) is 0.0833. The largest absolute Gasteiger partial charge is 0.487 e. The van der Waals surface area contributed by atoms with E-state index in [1.807, 2.05) is 0 Å². The molecule has 0 amide bonds. The highest BCUT2D eigenvalue weighted by atomic mass is 19.4. The van der Waals surface area contributed by atoms with Crippen LogP contribution in [-0.2, 0) is 6.18 Å². The molecule has 32 heavy (non-hydrogen) atoms. The first-order valence-electron chi connectivity index (χ1n) is 9.41. The number of nitrogens with zero attached hydrogens (tertiary/aromatic N) is 1. The quantitative estimate of drug-likeness (QED) is 0.375. The second-order valence-electron chi connectivity index (χ2n) is 6.94. The summed E-state index contributed by atoms with van der Waals surface area (Å²) in [5, 5.41) is 9.34. The minimum Gasteiger partial charge on any atom is -0.487 e. The van der Waals surface area contributed by atoms with Crippen molar-refractivity contribution in [3.05, 3.63) is 101 Å². The van der Waals surface area contributed by atoms with Gasteiger partial charge < -0.3 is 14.7 Å². The van der Waals surface area contributed by atoms with Crippen molar-refractivity contribution < 1.29 is 32.2 Å². The second kappa shape index (κ2) is 8.24. The van der Waals surface area contributed by atoms with Gasteiger partial charge in [0, 0.05) is 11.3 Å². The third-order valence-electron chi connectivity index (χ3n) is 4.80. The van der Waals surface area contributed by atoms with E-state index in [2.05, 4.69) is 5.73 Å². The molecule has 0 unspecified atom stereocenters. The first kappa shape index (κ1) is 21.2. The van der Waals surface area contributed by atoms with Crippen LogP contribution >= 0.6 is 0 Å². The van der Waals surface area contributed by atoms with E-state index in [0.717, 1.165) is 12.1 Å². The summed E-state index contributed by atoms with van der Waals surface area (Å²) >= 11 is 0. The van der Waals surface area contributed by atoms with Crippen LogP contribution in [0.4, 0.5) is 28.9 Å². The monoisotopic (exact) mass is 441 g/mol. The Hall–Kier alpha value is -4.03. The Morgan fingerprint density at radius 1 is 1.03 bits per heavy atom. The molecule has 1 aliphatic rings. The summed E-state index contributed by atoms with van der Waals surface area (Å²) in [6.45, 7) is -0.0418. The Morgan fingerprint density at radius 2 is 1.78 bits per heavy atom. The summed E-state index contributed by atoms with van der Waals surface area (Å²) in [6, 6.07) is 14.7. The molecule has 0 radical (unpaired) electrons. The lowest BCUT2D eigenvalue weighted by Crippen LogP contribution is -2.24. The number of ether oxygens (including phenoxy) is 1. The highest BCUT2D eigenvalue weighted by Gasteiger charge is 2.32. The van der Waals surface area contributed by atoms with Crippen molar-refractivity contribution in [2.75, 3.05) is 11.5 Å². The Labute approximate surface area is 180 Å². The van der Waals surface area contributed by atoms with E-state index in [-0.39, 0.29) is 17.7 Å². The SMILES string of the molecule is O=C(O)c1cccc(N2C(COc3ccc(F)cc3)=C=Cc3cc(C(F)(F)F)ccc32)c1. The minimum atomic E-state index is -4.51. The van der Waals surface area contributed by atoms with Crippen LogP contribution in [0.3, 0.4) is 0 Å². The summed E-state index contributed by atoms with van der Waals surface area (Å²) in [6.07, 6.45) is -3.09. The number of hydrogen-bond acceptors (Lipinski definition) is 3. The molecule has 0 saturated carbocycles. The maximum atomic E-state index is 13.2. The van der Waals surface area contributed by atoms with Gasteiger partial charge in [0.25, 0.3) is 0 Å². The van der Waals surface area contributed by atoms with Crippen LogP contribution in [0.25, 0.3) is 6.08 Å². The summed E-state index contributed by atoms with van der Waals surface area (Å²) in [7, 11) is 0. The van der Waals surface area contributed by atoms with E-state index in [0.29, 0.717) is 22.8 Å². The molecule has 0 fully saturated rings. The van der Waals surface area contributed by atoms with Gasteiger partial charge in [0.1, 0.15) is 23.9 Å². The van der Waals surface area contributed by atoms with Gasteiger partial charge in [-0.3, -0.25) is 0 Å². The number of carbonyl (C=O) groups is 1. The lowest BCUT2D eigenvalue weighted by atomic mass is 10.0. The summed E-state index contributed by atoms with van der Waals surface area (Å²) in [4.78, 5) is 13.0. The molecule has 1 heterocycles. The van der Waals surface area contributed by atoms with Gasteiger partial charge in [-0.25, -0.2) is 9.18 Å². The Bertz CT molecular complexity index is 1240. The molecule has 0 aliphatic carbocycles. The normalized spacial score (nSPS) is 12.9. The molecule has 162 valence electrons. The summed E-state index contributed by atoms with van der Waals surface area (Å²) in [5.74, 6) is -1.17. The third-order valence-corrected chi connectivity index (χ3v) is 4.80. The zero-order chi connectivity index (χ0) is 22.9. The number of benzene rings is 3. The van der Waals surface area contributed by atoms with Gasteiger partial charge in [0.2, 0.25) is 0 Å². The lowest BCUT2D eigenvalue weighted by Gasteiger charge is -2.30. The average molecular weight is 441 g/mol. The van der Waals surface area contributed by atoms with Gasteiger partial charge in [-0.2, -0.15) is 13.2 Å². The lowest BCUT2D eigenvalue weighted by molar-refractivity contribution is -0.137. The fourth-order valence-corrected chi connectivity index (χ4v) is 3.28. The van der Waals surface area contributed by atoms with Gasteiger partial charge in [-0.1, -0.05) is 11.8 Å². The molecular formula is C24H15F4NO3. The molecule has 3 aromatic carbocycles. The Morgan fingerprint density at radius 3 is 2.47 bits per heavy atom. The van der Waals surface area contributed by atoms with Crippen LogP contribution in [0, 0.1) is 5.82 Å². The van der Waals surface area contributed by atoms with E-state index >= 15 is 0 Å². The van der Waals surface area contributed by atoms with Gasteiger partial charge in [0.05, 0.1) is 16.8 Å². The molecule has 4 rings (SSSR count). The van der Waals surface area contributed by atoms with Crippen LogP contribution in [0.15, 0.2) is 78.2 Å². The molecule has 3 aromatic rings. The number of carboxylic acids is 1.